The summed E-state index contributed by atoms with van der Waals surface area (Å²) in [5, 5.41) is 0.399. The number of amides is 1. The van der Waals surface area contributed by atoms with Crippen molar-refractivity contribution in [3.63, 3.8) is 0 Å². The molecule has 0 spiro atoms. The molecule has 3 rings (SSSR count). The number of fused-ring (bicyclic) bond motifs is 1. The van der Waals surface area contributed by atoms with E-state index in [-0.39, 0.29) is 29.4 Å². The molecule has 1 aromatic heterocycles. The first-order chi connectivity index (χ1) is 12.0. The van der Waals surface area contributed by atoms with E-state index in [0.29, 0.717) is 22.9 Å². The molecule has 0 aliphatic carbocycles. The van der Waals surface area contributed by atoms with Crippen LogP contribution in [-0.4, -0.2) is 43.0 Å². The number of hydrogen-bond donors (Lipinski definition) is 0. The largest absolute Gasteiger partial charge is 0.308 e. The van der Waals surface area contributed by atoms with Gasteiger partial charge in [0.1, 0.15) is 17.2 Å². The van der Waals surface area contributed by atoms with Crippen molar-refractivity contribution in [1.82, 2.24) is 9.88 Å². The van der Waals surface area contributed by atoms with Crippen LogP contribution in [0.5, 0.6) is 0 Å². The van der Waals surface area contributed by atoms with Gasteiger partial charge in [-0.3, -0.25) is 9.69 Å². The number of para-hydroxylation sites is 1. The van der Waals surface area contributed by atoms with Gasteiger partial charge in [0.15, 0.2) is 5.13 Å². The molecule has 0 fully saturated rings. The second-order valence-corrected chi connectivity index (χ2v) is 6.86. The number of carbonyl (C=O) groups is 1. The van der Waals surface area contributed by atoms with E-state index in [1.165, 1.54) is 40.5 Å². The lowest BCUT2D eigenvalue weighted by Crippen LogP contribution is -2.36. The Balaban J connectivity index is 0.00000243. The van der Waals surface area contributed by atoms with Crippen LogP contribution in [0.3, 0.4) is 0 Å². The molecule has 0 aliphatic heterocycles. The van der Waals surface area contributed by atoms with Crippen LogP contribution in [0.1, 0.15) is 10.4 Å². The van der Waals surface area contributed by atoms with Gasteiger partial charge >= 0.3 is 0 Å². The predicted molar refractivity (Wildman–Crippen MR) is 103 cm³/mol. The first kappa shape index (κ1) is 20.2. The van der Waals surface area contributed by atoms with Crippen molar-refractivity contribution in [2.75, 3.05) is 32.1 Å². The number of anilines is 1. The molecular formula is C18H18ClF2N3OS. The highest BCUT2D eigenvalue weighted by Gasteiger charge is 2.22. The molecule has 1 heterocycles. The number of carbonyl (C=O) groups excluding carboxylic acids is 1. The fourth-order valence-corrected chi connectivity index (χ4v) is 3.38. The van der Waals surface area contributed by atoms with Crippen LogP contribution in [-0.2, 0) is 0 Å². The monoisotopic (exact) mass is 397 g/mol. The maximum Gasteiger partial charge on any atom is 0.260 e. The summed E-state index contributed by atoms with van der Waals surface area (Å²) in [6, 6.07) is 10.2. The molecule has 4 nitrogen and oxygen atoms in total. The molecule has 138 valence electrons. The Morgan fingerprint density at radius 3 is 2.50 bits per heavy atom. The lowest BCUT2D eigenvalue weighted by Gasteiger charge is -2.22. The molecule has 26 heavy (non-hydrogen) atoms. The number of nitrogens with zero attached hydrogens (tertiary/aromatic N) is 3. The van der Waals surface area contributed by atoms with Gasteiger partial charge in [-0.1, -0.05) is 23.5 Å². The lowest BCUT2D eigenvalue weighted by atomic mass is 10.2. The maximum absolute atomic E-state index is 13.9. The summed E-state index contributed by atoms with van der Waals surface area (Å²) in [6.45, 7) is 0.962. The second-order valence-electron chi connectivity index (χ2n) is 5.85. The Morgan fingerprint density at radius 2 is 1.85 bits per heavy atom. The number of aromatic nitrogens is 1. The van der Waals surface area contributed by atoms with Crippen molar-refractivity contribution < 1.29 is 13.6 Å². The van der Waals surface area contributed by atoms with Gasteiger partial charge in [-0.2, -0.15) is 0 Å². The molecule has 0 atom stereocenters. The van der Waals surface area contributed by atoms with Crippen molar-refractivity contribution in [2.45, 2.75) is 0 Å². The fraction of sp³-hybridized carbons (Fsp3) is 0.222. The minimum atomic E-state index is -0.478. The number of benzene rings is 2. The molecule has 0 saturated heterocycles. The first-order valence-electron chi connectivity index (χ1n) is 7.73. The summed E-state index contributed by atoms with van der Waals surface area (Å²) in [5.41, 5.74) is 0.475. The van der Waals surface area contributed by atoms with E-state index in [9.17, 15) is 13.6 Å². The van der Waals surface area contributed by atoms with Gasteiger partial charge in [0.05, 0.1) is 4.70 Å². The van der Waals surface area contributed by atoms with E-state index in [4.69, 9.17) is 0 Å². The Labute approximate surface area is 160 Å². The standard InChI is InChI=1S/C18H17F2N3OS.ClH/c1-22(2)9-10-23(17(24)12-5-3-6-13(19)11-12)18-21-16-14(20)7-4-8-15(16)25-18;/h3-8,11H,9-10H2,1-2H3;1H. The smallest absolute Gasteiger partial charge is 0.260 e. The average molecular weight is 398 g/mol. The first-order valence-corrected chi connectivity index (χ1v) is 8.54. The number of halogens is 3. The quantitative estimate of drug-likeness (QED) is 0.647. The van der Waals surface area contributed by atoms with Crippen molar-refractivity contribution in [1.29, 1.82) is 0 Å². The molecule has 0 saturated carbocycles. The summed E-state index contributed by atoms with van der Waals surface area (Å²) < 4.78 is 28.1. The van der Waals surface area contributed by atoms with E-state index in [1.807, 2.05) is 19.0 Å². The van der Waals surface area contributed by atoms with E-state index >= 15 is 0 Å². The molecule has 0 unspecified atom stereocenters. The summed E-state index contributed by atoms with van der Waals surface area (Å²) in [4.78, 5) is 20.6. The third-order valence-corrected chi connectivity index (χ3v) is 4.72. The number of rotatable bonds is 5. The summed E-state index contributed by atoms with van der Waals surface area (Å²) in [6.07, 6.45) is 0. The Hall–Kier alpha value is -2.09. The van der Waals surface area contributed by atoms with Crippen LogP contribution in [0.2, 0.25) is 0 Å². The molecule has 2 aromatic carbocycles. The summed E-state index contributed by atoms with van der Waals surface area (Å²) >= 11 is 1.24. The van der Waals surface area contributed by atoms with E-state index < -0.39 is 11.6 Å². The van der Waals surface area contributed by atoms with Crippen LogP contribution in [0.25, 0.3) is 10.2 Å². The minimum absolute atomic E-state index is 0. The number of likely N-dealkylation sites (N-methyl/N-ethyl adjacent to an activating group) is 1. The molecule has 0 bridgehead atoms. The lowest BCUT2D eigenvalue weighted by molar-refractivity contribution is 0.0984. The molecule has 0 aliphatic rings. The van der Waals surface area contributed by atoms with Gasteiger partial charge in [-0.05, 0) is 44.4 Å². The Bertz CT molecular complexity index is 916. The van der Waals surface area contributed by atoms with Crippen molar-refractivity contribution in [2.24, 2.45) is 0 Å². The van der Waals surface area contributed by atoms with Gasteiger partial charge < -0.3 is 4.90 Å². The van der Waals surface area contributed by atoms with E-state index in [2.05, 4.69) is 4.98 Å². The maximum atomic E-state index is 13.9. The molecule has 3 aromatic rings. The number of thiazole rings is 1. The van der Waals surface area contributed by atoms with Crippen molar-refractivity contribution >= 4 is 45.0 Å². The van der Waals surface area contributed by atoms with Crippen LogP contribution in [0.4, 0.5) is 13.9 Å². The highest BCUT2D eigenvalue weighted by atomic mass is 35.5. The fourth-order valence-electron chi connectivity index (χ4n) is 2.38. The van der Waals surface area contributed by atoms with Crippen molar-refractivity contribution in [3.05, 3.63) is 59.7 Å². The molecule has 1 amide bonds. The normalized spacial score (nSPS) is 10.8. The third-order valence-electron chi connectivity index (χ3n) is 3.68. The number of hydrogen-bond acceptors (Lipinski definition) is 4. The van der Waals surface area contributed by atoms with Crippen molar-refractivity contribution in [3.8, 4) is 0 Å². The third kappa shape index (κ3) is 4.35. The van der Waals surface area contributed by atoms with Gasteiger partial charge in [0.25, 0.3) is 5.91 Å². The zero-order valence-corrected chi connectivity index (χ0v) is 15.9. The van der Waals surface area contributed by atoms with Crippen LogP contribution >= 0.6 is 23.7 Å². The molecule has 8 heteroatoms. The van der Waals surface area contributed by atoms with Crippen LogP contribution < -0.4 is 4.90 Å². The zero-order valence-electron chi connectivity index (χ0n) is 14.3. The Kier molecular flexibility index (Phi) is 6.63. The highest BCUT2D eigenvalue weighted by Crippen LogP contribution is 2.31. The van der Waals surface area contributed by atoms with Gasteiger partial charge in [0.2, 0.25) is 0 Å². The van der Waals surface area contributed by atoms with Crippen LogP contribution in [0.15, 0.2) is 42.5 Å². The topological polar surface area (TPSA) is 36.4 Å². The van der Waals surface area contributed by atoms with E-state index in [1.54, 1.807) is 18.2 Å². The Morgan fingerprint density at radius 1 is 1.12 bits per heavy atom. The summed E-state index contributed by atoms with van der Waals surface area (Å²) in [7, 11) is 3.78. The van der Waals surface area contributed by atoms with E-state index in [0.717, 1.165) is 0 Å². The predicted octanol–water partition coefficient (Wildman–Crippen LogP) is 4.20. The molecule has 0 radical (unpaired) electrons. The van der Waals surface area contributed by atoms with Gasteiger partial charge in [0, 0.05) is 18.7 Å². The zero-order chi connectivity index (χ0) is 18.0. The second kappa shape index (κ2) is 8.53. The SMILES string of the molecule is CN(C)CCN(C(=O)c1cccc(F)c1)c1nc2c(F)cccc2s1.Cl. The molecular weight excluding hydrogens is 380 g/mol. The highest BCUT2D eigenvalue weighted by molar-refractivity contribution is 7.22. The molecule has 0 N–H and O–H groups in total. The average Bonchev–Trinajstić information content (AvgIpc) is 3.00. The van der Waals surface area contributed by atoms with Crippen LogP contribution in [0, 0.1) is 11.6 Å². The summed E-state index contributed by atoms with van der Waals surface area (Å²) in [5.74, 6) is -1.26. The van der Waals surface area contributed by atoms with Gasteiger partial charge in [-0.15, -0.1) is 12.4 Å². The minimum Gasteiger partial charge on any atom is -0.308 e. The van der Waals surface area contributed by atoms with Gasteiger partial charge in [-0.25, -0.2) is 13.8 Å².